The predicted octanol–water partition coefficient (Wildman–Crippen LogP) is 3.77. The molecule has 5 heteroatoms. The highest BCUT2D eigenvalue weighted by atomic mass is 35.5. The Bertz CT molecular complexity index is 777. The lowest BCUT2D eigenvalue weighted by molar-refractivity contribution is -0.149. The standard InChI is InChI=1S/C19H23ClN2O2/c1-21-9-8-18-16(11-21)15-10-13(20)6-7-17(15)22(18)12-19(23)24-14-4-2-3-5-14/h6-7,10,14H,2-5,8-9,11-12H2,1H3. The van der Waals surface area contributed by atoms with Crippen LogP contribution in [0.3, 0.4) is 0 Å². The summed E-state index contributed by atoms with van der Waals surface area (Å²) >= 11 is 6.21. The Balaban J connectivity index is 1.68. The number of esters is 1. The van der Waals surface area contributed by atoms with E-state index in [9.17, 15) is 4.79 Å². The summed E-state index contributed by atoms with van der Waals surface area (Å²) in [5, 5.41) is 1.90. The summed E-state index contributed by atoms with van der Waals surface area (Å²) in [5.41, 5.74) is 3.65. The second-order valence-electron chi connectivity index (χ2n) is 7.06. The number of halogens is 1. The summed E-state index contributed by atoms with van der Waals surface area (Å²) in [7, 11) is 2.13. The average Bonchev–Trinajstić information content (AvgIpc) is 3.15. The van der Waals surface area contributed by atoms with Crippen molar-refractivity contribution in [2.45, 2.75) is 51.3 Å². The fourth-order valence-corrected chi connectivity index (χ4v) is 4.27. The van der Waals surface area contributed by atoms with E-state index in [2.05, 4.69) is 16.5 Å². The smallest absolute Gasteiger partial charge is 0.326 e. The molecule has 4 rings (SSSR count). The van der Waals surface area contributed by atoms with Crippen LogP contribution in [0.25, 0.3) is 10.9 Å². The summed E-state index contributed by atoms with van der Waals surface area (Å²) in [6.45, 7) is 2.21. The van der Waals surface area contributed by atoms with Gasteiger partial charge in [-0.2, -0.15) is 0 Å². The van der Waals surface area contributed by atoms with Gasteiger partial charge in [-0.05, 0) is 56.5 Å². The van der Waals surface area contributed by atoms with Crippen LogP contribution in [-0.4, -0.2) is 35.1 Å². The van der Waals surface area contributed by atoms with Crippen LogP contribution in [0.2, 0.25) is 5.02 Å². The van der Waals surface area contributed by atoms with Gasteiger partial charge in [0.25, 0.3) is 0 Å². The molecule has 1 aromatic heterocycles. The Morgan fingerprint density at radius 3 is 2.92 bits per heavy atom. The fourth-order valence-electron chi connectivity index (χ4n) is 4.10. The molecule has 0 unspecified atom stereocenters. The number of nitrogens with zero attached hydrogens (tertiary/aromatic N) is 2. The molecule has 4 nitrogen and oxygen atoms in total. The minimum absolute atomic E-state index is 0.115. The number of fused-ring (bicyclic) bond motifs is 3. The quantitative estimate of drug-likeness (QED) is 0.793. The van der Waals surface area contributed by atoms with E-state index in [0.29, 0.717) is 6.54 Å². The monoisotopic (exact) mass is 346 g/mol. The number of hydrogen-bond acceptors (Lipinski definition) is 3. The Hall–Kier alpha value is -1.52. The van der Waals surface area contributed by atoms with Crippen LogP contribution >= 0.6 is 11.6 Å². The Morgan fingerprint density at radius 1 is 1.33 bits per heavy atom. The maximum absolute atomic E-state index is 12.4. The maximum Gasteiger partial charge on any atom is 0.326 e. The van der Waals surface area contributed by atoms with Gasteiger partial charge in [-0.1, -0.05) is 11.6 Å². The predicted molar refractivity (Wildman–Crippen MR) is 95.3 cm³/mol. The van der Waals surface area contributed by atoms with Gasteiger partial charge in [-0.25, -0.2) is 0 Å². The molecule has 2 aromatic rings. The highest BCUT2D eigenvalue weighted by Crippen LogP contribution is 2.32. The minimum Gasteiger partial charge on any atom is -0.461 e. The van der Waals surface area contributed by atoms with E-state index in [-0.39, 0.29) is 12.1 Å². The lowest BCUT2D eigenvalue weighted by Gasteiger charge is -2.24. The van der Waals surface area contributed by atoms with Crippen molar-refractivity contribution in [1.29, 1.82) is 0 Å². The molecule has 0 atom stereocenters. The Kier molecular flexibility index (Phi) is 4.27. The van der Waals surface area contributed by atoms with E-state index in [0.717, 1.165) is 48.3 Å². The van der Waals surface area contributed by atoms with Crippen molar-refractivity contribution < 1.29 is 9.53 Å². The van der Waals surface area contributed by atoms with Crippen LogP contribution in [0, 0.1) is 0 Å². The first kappa shape index (κ1) is 16.0. The number of rotatable bonds is 3. The van der Waals surface area contributed by atoms with Gasteiger partial charge in [-0.15, -0.1) is 0 Å². The van der Waals surface area contributed by atoms with Crippen LogP contribution in [0.15, 0.2) is 18.2 Å². The van der Waals surface area contributed by atoms with Crippen molar-refractivity contribution in [2.24, 2.45) is 0 Å². The van der Waals surface area contributed by atoms with Crippen LogP contribution in [0.1, 0.15) is 36.9 Å². The highest BCUT2D eigenvalue weighted by molar-refractivity contribution is 6.31. The molecule has 1 fully saturated rings. The molecule has 1 aromatic carbocycles. The van der Waals surface area contributed by atoms with Crippen molar-refractivity contribution in [3.8, 4) is 0 Å². The number of hydrogen-bond donors (Lipinski definition) is 0. The van der Waals surface area contributed by atoms with Gasteiger partial charge in [0.15, 0.2) is 0 Å². The molecule has 24 heavy (non-hydrogen) atoms. The van der Waals surface area contributed by atoms with E-state index in [1.54, 1.807) is 0 Å². The normalized spacial score (nSPS) is 18.9. The molecule has 0 bridgehead atoms. The van der Waals surface area contributed by atoms with E-state index in [4.69, 9.17) is 16.3 Å². The molecule has 0 radical (unpaired) electrons. The van der Waals surface area contributed by atoms with Crippen molar-refractivity contribution in [1.82, 2.24) is 9.47 Å². The zero-order valence-electron chi connectivity index (χ0n) is 14.1. The summed E-state index contributed by atoms with van der Waals surface area (Å²) in [6, 6.07) is 5.95. The number of carbonyl (C=O) groups is 1. The zero-order valence-corrected chi connectivity index (χ0v) is 14.8. The summed E-state index contributed by atoms with van der Waals surface area (Å²) in [5.74, 6) is -0.115. The van der Waals surface area contributed by atoms with E-state index in [1.807, 2.05) is 18.2 Å². The molecule has 128 valence electrons. The highest BCUT2D eigenvalue weighted by Gasteiger charge is 2.25. The Morgan fingerprint density at radius 2 is 2.12 bits per heavy atom. The van der Waals surface area contributed by atoms with E-state index < -0.39 is 0 Å². The lowest BCUT2D eigenvalue weighted by Crippen LogP contribution is -2.28. The molecule has 2 aliphatic rings. The number of ether oxygens (including phenoxy) is 1. The van der Waals surface area contributed by atoms with Crippen LogP contribution in [0.4, 0.5) is 0 Å². The third kappa shape index (κ3) is 2.93. The summed E-state index contributed by atoms with van der Waals surface area (Å²) < 4.78 is 7.82. The van der Waals surface area contributed by atoms with Gasteiger partial charge in [0.05, 0.1) is 0 Å². The van der Waals surface area contributed by atoms with E-state index >= 15 is 0 Å². The SMILES string of the molecule is CN1CCc2c(c3cc(Cl)ccc3n2CC(=O)OC2CCCC2)C1. The molecule has 1 aliphatic carbocycles. The molecule has 1 aliphatic heterocycles. The van der Waals surface area contributed by atoms with Crippen molar-refractivity contribution in [3.05, 3.63) is 34.5 Å². The number of benzene rings is 1. The fraction of sp³-hybridized carbons (Fsp3) is 0.526. The molecular formula is C19H23ClN2O2. The molecule has 1 saturated carbocycles. The number of aromatic nitrogens is 1. The van der Waals surface area contributed by atoms with Gasteiger partial charge >= 0.3 is 5.97 Å². The largest absolute Gasteiger partial charge is 0.461 e. The topological polar surface area (TPSA) is 34.5 Å². The molecule has 0 amide bonds. The lowest BCUT2D eigenvalue weighted by atomic mass is 10.1. The van der Waals surface area contributed by atoms with Crippen LogP contribution in [-0.2, 0) is 29.0 Å². The molecule has 0 saturated heterocycles. The third-order valence-corrected chi connectivity index (χ3v) is 5.53. The van der Waals surface area contributed by atoms with Crippen LogP contribution in [0.5, 0.6) is 0 Å². The first-order valence-electron chi connectivity index (χ1n) is 8.79. The zero-order chi connectivity index (χ0) is 16.7. The van der Waals surface area contributed by atoms with E-state index in [1.165, 1.54) is 24.1 Å². The first-order valence-corrected chi connectivity index (χ1v) is 9.17. The molecule has 0 spiro atoms. The van der Waals surface area contributed by atoms with Gasteiger partial charge in [0.2, 0.25) is 0 Å². The van der Waals surface area contributed by atoms with Crippen molar-refractivity contribution >= 4 is 28.5 Å². The summed E-state index contributed by atoms with van der Waals surface area (Å²) in [6.07, 6.45) is 5.44. The molecule has 0 N–H and O–H groups in total. The second-order valence-corrected chi connectivity index (χ2v) is 7.49. The average molecular weight is 347 g/mol. The van der Waals surface area contributed by atoms with Crippen molar-refractivity contribution in [3.63, 3.8) is 0 Å². The maximum atomic E-state index is 12.4. The van der Waals surface area contributed by atoms with Gasteiger partial charge in [-0.3, -0.25) is 4.79 Å². The molecular weight excluding hydrogens is 324 g/mol. The Labute approximate surface area is 147 Å². The van der Waals surface area contributed by atoms with Gasteiger partial charge < -0.3 is 14.2 Å². The van der Waals surface area contributed by atoms with Gasteiger partial charge in [0.1, 0.15) is 12.6 Å². The second kappa shape index (κ2) is 6.41. The number of carbonyl (C=O) groups excluding carboxylic acids is 1. The third-order valence-electron chi connectivity index (χ3n) is 5.29. The minimum atomic E-state index is -0.115. The van der Waals surface area contributed by atoms with Crippen molar-refractivity contribution in [2.75, 3.05) is 13.6 Å². The molecule has 2 heterocycles. The number of likely N-dealkylation sites (N-methyl/N-ethyl adjacent to an activating group) is 1. The van der Waals surface area contributed by atoms with Gasteiger partial charge in [0, 0.05) is 41.1 Å². The van der Waals surface area contributed by atoms with Crippen LogP contribution < -0.4 is 0 Å². The summed E-state index contributed by atoms with van der Waals surface area (Å²) in [4.78, 5) is 14.8. The first-order chi connectivity index (χ1) is 11.6.